The zero-order valence-corrected chi connectivity index (χ0v) is 10.9. The molecule has 0 spiro atoms. The van der Waals surface area contributed by atoms with Crippen molar-refractivity contribution >= 4 is 17.5 Å². The van der Waals surface area contributed by atoms with Gasteiger partial charge in [0.05, 0.1) is 5.75 Å². The molecule has 0 saturated heterocycles. The largest absolute Gasteiger partial charge is 0.389 e. The number of hydrogen-bond acceptors (Lipinski definition) is 2. The van der Waals surface area contributed by atoms with E-state index in [0.717, 1.165) is 10.5 Å². The van der Waals surface area contributed by atoms with Crippen LogP contribution in [0.5, 0.6) is 0 Å². The van der Waals surface area contributed by atoms with E-state index in [4.69, 9.17) is 0 Å². The zero-order valence-electron chi connectivity index (χ0n) is 10.1. The number of alkyl halides is 3. The van der Waals surface area contributed by atoms with Crippen LogP contribution in [-0.4, -0.2) is 17.7 Å². The molecule has 0 heterocycles. The van der Waals surface area contributed by atoms with Gasteiger partial charge in [-0.2, -0.15) is 13.2 Å². The van der Waals surface area contributed by atoms with Crippen molar-refractivity contribution in [1.29, 1.82) is 0 Å². The van der Waals surface area contributed by atoms with Crippen LogP contribution in [0, 0.1) is 6.92 Å². The molecule has 0 N–H and O–H groups in total. The van der Waals surface area contributed by atoms with Gasteiger partial charge in [0.2, 0.25) is 0 Å². The van der Waals surface area contributed by atoms with E-state index in [1.807, 2.05) is 31.2 Å². The maximum atomic E-state index is 11.9. The first kappa shape index (κ1) is 15.1. The van der Waals surface area contributed by atoms with Crippen molar-refractivity contribution in [1.82, 2.24) is 0 Å². The average Bonchev–Trinajstić information content (AvgIpc) is 2.25. The van der Waals surface area contributed by atoms with Gasteiger partial charge in [0.15, 0.2) is 0 Å². The maximum Gasteiger partial charge on any atom is 0.389 e. The van der Waals surface area contributed by atoms with Gasteiger partial charge in [-0.1, -0.05) is 17.7 Å². The fourth-order valence-electron chi connectivity index (χ4n) is 1.43. The molecule has 0 saturated carbocycles. The molecule has 0 bridgehead atoms. The molecule has 1 aromatic carbocycles. The van der Waals surface area contributed by atoms with E-state index in [1.54, 1.807) is 0 Å². The zero-order chi connectivity index (χ0) is 13.6. The van der Waals surface area contributed by atoms with Crippen molar-refractivity contribution in [3.05, 3.63) is 29.8 Å². The van der Waals surface area contributed by atoms with E-state index in [-0.39, 0.29) is 24.4 Å². The van der Waals surface area contributed by atoms with Gasteiger partial charge in [0.25, 0.3) is 0 Å². The van der Waals surface area contributed by atoms with Crippen LogP contribution in [-0.2, 0) is 4.79 Å². The van der Waals surface area contributed by atoms with Gasteiger partial charge in [-0.25, -0.2) is 0 Å². The summed E-state index contributed by atoms with van der Waals surface area (Å²) in [6.07, 6.45) is -5.16. The van der Waals surface area contributed by atoms with Crippen LogP contribution >= 0.6 is 11.8 Å². The number of hydrogen-bond donors (Lipinski definition) is 0. The summed E-state index contributed by atoms with van der Waals surface area (Å²) in [5, 5.41) is 0. The van der Waals surface area contributed by atoms with Crippen molar-refractivity contribution < 1.29 is 18.0 Å². The summed E-state index contributed by atoms with van der Waals surface area (Å²) in [4.78, 5) is 12.4. The first-order chi connectivity index (χ1) is 8.37. The fraction of sp³-hybridized carbons (Fsp3) is 0.462. The van der Waals surface area contributed by atoms with Crippen molar-refractivity contribution in [3.63, 3.8) is 0 Å². The average molecular weight is 276 g/mol. The number of benzene rings is 1. The van der Waals surface area contributed by atoms with Crippen LogP contribution in [0.25, 0.3) is 0 Å². The molecule has 5 heteroatoms. The predicted octanol–water partition coefficient (Wildman–Crippen LogP) is 4.39. The molecule has 1 aromatic rings. The maximum absolute atomic E-state index is 11.9. The summed E-state index contributed by atoms with van der Waals surface area (Å²) in [6, 6.07) is 7.69. The number of Topliss-reactive ketones (excluding diaryl/α,β-unsaturated/α-hetero) is 1. The summed E-state index contributed by atoms with van der Waals surface area (Å²) >= 11 is 1.37. The van der Waals surface area contributed by atoms with Crippen molar-refractivity contribution in [2.24, 2.45) is 0 Å². The molecule has 1 nitrogen and oxygen atoms in total. The topological polar surface area (TPSA) is 17.1 Å². The number of aryl methyl sites for hydroxylation is 1. The van der Waals surface area contributed by atoms with Crippen LogP contribution in [0.2, 0.25) is 0 Å². The third-order valence-electron chi connectivity index (χ3n) is 2.31. The second kappa shape index (κ2) is 6.83. The lowest BCUT2D eigenvalue weighted by molar-refractivity contribution is -0.136. The SMILES string of the molecule is Cc1cccc(SCC(=O)CCCC(F)(F)F)c1. The van der Waals surface area contributed by atoms with E-state index in [9.17, 15) is 18.0 Å². The lowest BCUT2D eigenvalue weighted by Crippen LogP contribution is -2.09. The summed E-state index contributed by atoms with van der Waals surface area (Å²) in [6.45, 7) is 1.95. The van der Waals surface area contributed by atoms with E-state index in [1.165, 1.54) is 11.8 Å². The van der Waals surface area contributed by atoms with Crippen molar-refractivity contribution in [3.8, 4) is 0 Å². The summed E-state index contributed by atoms with van der Waals surface area (Å²) < 4.78 is 35.7. The molecule has 0 unspecified atom stereocenters. The standard InChI is InChI=1S/C13H15F3OS/c1-10-4-2-6-12(8-10)18-9-11(17)5-3-7-13(14,15)16/h2,4,6,8H,3,5,7,9H2,1H3. The molecule has 18 heavy (non-hydrogen) atoms. The van der Waals surface area contributed by atoms with Gasteiger partial charge < -0.3 is 0 Å². The van der Waals surface area contributed by atoms with Crippen LogP contribution in [0.3, 0.4) is 0 Å². The van der Waals surface area contributed by atoms with E-state index >= 15 is 0 Å². The first-order valence-corrected chi connectivity index (χ1v) is 6.63. The Bertz CT molecular complexity index is 401. The Morgan fingerprint density at radius 2 is 2.06 bits per heavy atom. The minimum absolute atomic E-state index is 0.00166. The Morgan fingerprint density at radius 3 is 2.67 bits per heavy atom. The Hall–Kier alpha value is -0.970. The van der Waals surface area contributed by atoms with Crippen LogP contribution in [0.4, 0.5) is 13.2 Å². The van der Waals surface area contributed by atoms with Crippen LogP contribution < -0.4 is 0 Å². The lowest BCUT2D eigenvalue weighted by Gasteiger charge is -2.05. The normalized spacial score (nSPS) is 11.6. The summed E-state index contributed by atoms with van der Waals surface area (Å²) in [5.74, 6) is 0.104. The minimum atomic E-state index is -4.16. The second-order valence-corrected chi connectivity index (χ2v) is 5.16. The number of thioether (sulfide) groups is 1. The van der Waals surface area contributed by atoms with Gasteiger partial charge in [-0.15, -0.1) is 11.8 Å². The third kappa shape index (κ3) is 6.69. The van der Waals surface area contributed by atoms with Crippen LogP contribution in [0.1, 0.15) is 24.8 Å². The first-order valence-electron chi connectivity index (χ1n) is 5.65. The molecule has 0 amide bonds. The Kier molecular flexibility index (Phi) is 5.72. The van der Waals surface area contributed by atoms with E-state index in [2.05, 4.69) is 0 Å². The second-order valence-electron chi connectivity index (χ2n) is 4.11. The smallest absolute Gasteiger partial charge is 0.299 e. The number of halogens is 3. The highest BCUT2D eigenvalue weighted by Crippen LogP contribution is 2.23. The van der Waals surface area contributed by atoms with Gasteiger partial charge in [0.1, 0.15) is 5.78 Å². The lowest BCUT2D eigenvalue weighted by atomic mass is 10.2. The van der Waals surface area contributed by atoms with Crippen molar-refractivity contribution in [2.75, 3.05) is 5.75 Å². The van der Waals surface area contributed by atoms with Gasteiger partial charge in [-0.05, 0) is 25.5 Å². The fourth-order valence-corrected chi connectivity index (χ4v) is 2.34. The van der Waals surface area contributed by atoms with Crippen molar-refractivity contribution in [2.45, 2.75) is 37.3 Å². The molecule has 0 fully saturated rings. The van der Waals surface area contributed by atoms with E-state index < -0.39 is 12.6 Å². The number of ketones is 1. The molecule has 0 atom stereocenters. The molecule has 1 rings (SSSR count). The Balaban J connectivity index is 2.25. The summed E-state index contributed by atoms with van der Waals surface area (Å²) in [7, 11) is 0. The number of carbonyl (C=O) groups is 1. The third-order valence-corrected chi connectivity index (χ3v) is 3.36. The molecule has 0 aromatic heterocycles. The molecule has 0 radical (unpaired) electrons. The monoisotopic (exact) mass is 276 g/mol. The highest BCUT2D eigenvalue weighted by Gasteiger charge is 2.26. The molecule has 0 aliphatic rings. The number of rotatable bonds is 6. The van der Waals surface area contributed by atoms with Gasteiger partial charge in [0, 0.05) is 17.7 Å². The quantitative estimate of drug-likeness (QED) is 0.717. The highest BCUT2D eigenvalue weighted by molar-refractivity contribution is 8.00. The molecule has 0 aliphatic heterocycles. The summed E-state index contributed by atoms with van der Waals surface area (Å²) in [5.41, 5.74) is 1.10. The van der Waals surface area contributed by atoms with E-state index in [0.29, 0.717) is 0 Å². The van der Waals surface area contributed by atoms with Gasteiger partial charge in [-0.3, -0.25) is 4.79 Å². The molecule has 100 valence electrons. The predicted molar refractivity (Wildman–Crippen MR) is 66.8 cm³/mol. The minimum Gasteiger partial charge on any atom is -0.299 e. The van der Waals surface area contributed by atoms with Gasteiger partial charge >= 0.3 is 6.18 Å². The number of carbonyl (C=O) groups excluding carboxylic acids is 1. The molecule has 0 aliphatic carbocycles. The highest BCUT2D eigenvalue weighted by atomic mass is 32.2. The van der Waals surface area contributed by atoms with Crippen LogP contribution in [0.15, 0.2) is 29.2 Å². The molecular formula is C13H15F3OS. The Morgan fingerprint density at radius 1 is 1.33 bits per heavy atom. The Labute approximate surface area is 109 Å². The molecular weight excluding hydrogens is 261 g/mol.